The van der Waals surface area contributed by atoms with Crippen LogP contribution in [0.3, 0.4) is 0 Å². The second kappa shape index (κ2) is 4.38. The minimum atomic E-state index is 0.202. The molecular weight excluding hydrogens is 208 g/mol. The third kappa shape index (κ3) is 2.42. The molecule has 3 N–H and O–H groups in total. The Bertz CT molecular complexity index is 486. The summed E-state index contributed by atoms with van der Waals surface area (Å²) in [5.41, 5.74) is 10.9. The van der Waals surface area contributed by atoms with Crippen molar-refractivity contribution in [1.82, 2.24) is 4.98 Å². The summed E-state index contributed by atoms with van der Waals surface area (Å²) in [6.07, 6.45) is 3.97. The number of nitrogens with two attached hydrogens (primary N) is 1. The van der Waals surface area contributed by atoms with E-state index >= 15 is 0 Å². The van der Waals surface area contributed by atoms with E-state index in [1.54, 1.807) is 0 Å². The van der Waals surface area contributed by atoms with Crippen LogP contribution in [0.25, 0.3) is 11.1 Å². The smallest absolute Gasteiger partial charge is 0.0199 e. The van der Waals surface area contributed by atoms with Crippen molar-refractivity contribution < 1.29 is 0 Å². The van der Waals surface area contributed by atoms with Crippen molar-refractivity contribution in [2.75, 3.05) is 0 Å². The molecular formula is C15H20N2. The van der Waals surface area contributed by atoms with Crippen molar-refractivity contribution >= 4 is 0 Å². The molecule has 0 aliphatic carbocycles. The Kier molecular flexibility index (Phi) is 3.07. The van der Waals surface area contributed by atoms with Crippen molar-refractivity contribution in [3.8, 4) is 11.1 Å². The molecule has 0 amide bonds. The molecule has 0 aliphatic heterocycles. The normalized spacial score (nSPS) is 11.8. The van der Waals surface area contributed by atoms with Gasteiger partial charge < -0.3 is 10.7 Å². The van der Waals surface area contributed by atoms with Gasteiger partial charge in [0.25, 0.3) is 0 Å². The predicted octanol–water partition coefficient (Wildman–Crippen LogP) is 3.44. The predicted molar refractivity (Wildman–Crippen MR) is 72.8 cm³/mol. The number of aromatic nitrogens is 1. The number of aromatic amines is 1. The fourth-order valence-corrected chi connectivity index (χ4v) is 1.98. The summed E-state index contributed by atoms with van der Waals surface area (Å²) in [4.78, 5) is 3.11. The van der Waals surface area contributed by atoms with Gasteiger partial charge in [0.1, 0.15) is 0 Å². The fourth-order valence-electron chi connectivity index (χ4n) is 1.98. The summed E-state index contributed by atoms with van der Waals surface area (Å²) >= 11 is 0. The fraction of sp³-hybridized carbons (Fsp3) is 0.333. The second-order valence-electron chi connectivity index (χ2n) is 5.43. The van der Waals surface area contributed by atoms with Gasteiger partial charge in [-0.15, -0.1) is 0 Å². The molecule has 1 aromatic heterocycles. The van der Waals surface area contributed by atoms with Crippen molar-refractivity contribution in [3.63, 3.8) is 0 Å². The molecule has 1 heterocycles. The summed E-state index contributed by atoms with van der Waals surface area (Å²) in [5.74, 6) is 0. The van der Waals surface area contributed by atoms with E-state index < -0.39 is 0 Å². The van der Waals surface area contributed by atoms with E-state index in [2.05, 4.69) is 50.0 Å². The molecule has 0 atom stereocenters. The molecule has 0 aliphatic rings. The zero-order valence-corrected chi connectivity index (χ0v) is 10.7. The van der Waals surface area contributed by atoms with Crippen LogP contribution in [0.2, 0.25) is 0 Å². The van der Waals surface area contributed by atoms with Gasteiger partial charge in [0.05, 0.1) is 0 Å². The number of nitrogens with one attached hydrogen (secondary N) is 1. The van der Waals surface area contributed by atoms with Crippen LogP contribution in [0.1, 0.15) is 31.9 Å². The highest BCUT2D eigenvalue weighted by Gasteiger charge is 2.13. The van der Waals surface area contributed by atoms with Crippen LogP contribution >= 0.6 is 0 Å². The maximum atomic E-state index is 5.71. The Labute approximate surface area is 103 Å². The molecule has 2 rings (SSSR count). The molecule has 0 radical (unpaired) electrons. The summed E-state index contributed by atoms with van der Waals surface area (Å²) in [7, 11) is 0. The molecule has 17 heavy (non-hydrogen) atoms. The first-order valence-electron chi connectivity index (χ1n) is 5.99. The monoisotopic (exact) mass is 228 g/mol. The zero-order valence-electron chi connectivity index (χ0n) is 10.7. The van der Waals surface area contributed by atoms with Gasteiger partial charge >= 0.3 is 0 Å². The summed E-state index contributed by atoms with van der Waals surface area (Å²) in [6.45, 7) is 7.25. The molecule has 90 valence electrons. The number of hydrogen-bond donors (Lipinski definition) is 2. The lowest BCUT2D eigenvalue weighted by molar-refractivity contribution is 0.590. The van der Waals surface area contributed by atoms with Crippen LogP contribution in [-0.4, -0.2) is 4.98 Å². The molecule has 0 spiro atoms. The molecule has 0 bridgehead atoms. The second-order valence-corrected chi connectivity index (χ2v) is 5.43. The van der Waals surface area contributed by atoms with Gasteiger partial charge in [0, 0.05) is 24.5 Å². The first-order valence-corrected chi connectivity index (χ1v) is 5.99. The Hall–Kier alpha value is -1.54. The maximum Gasteiger partial charge on any atom is 0.0199 e. The third-order valence-electron chi connectivity index (χ3n) is 3.11. The first-order chi connectivity index (χ1) is 8.02. The molecule has 0 saturated carbocycles. The highest BCUT2D eigenvalue weighted by atomic mass is 14.7. The number of hydrogen-bond acceptors (Lipinski definition) is 1. The van der Waals surface area contributed by atoms with Crippen LogP contribution in [0.15, 0.2) is 36.7 Å². The summed E-state index contributed by atoms with van der Waals surface area (Å²) in [5, 5.41) is 0. The van der Waals surface area contributed by atoms with E-state index in [0.29, 0.717) is 6.54 Å². The van der Waals surface area contributed by atoms with Crippen LogP contribution in [-0.2, 0) is 12.0 Å². The van der Waals surface area contributed by atoms with Crippen LogP contribution in [0.4, 0.5) is 0 Å². The molecule has 0 unspecified atom stereocenters. The van der Waals surface area contributed by atoms with E-state index in [1.807, 2.05) is 12.4 Å². The lowest BCUT2D eigenvalue weighted by Crippen LogP contribution is -2.10. The summed E-state index contributed by atoms with van der Waals surface area (Å²) in [6, 6.07) is 8.73. The Morgan fingerprint density at radius 3 is 2.24 bits per heavy atom. The molecule has 2 heteroatoms. The Balaban J connectivity index is 2.36. The van der Waals surface area contributed by atoms with Gasteiger partial charge in [-0.2, -0.15) is 0 Å². The van der Waals surface area contributed by atoms with Crippen molar-refractivity contribution in [2.24, 2.45) is 5.73 Å². The van der Waals surface area contributed by atoms with Crippen LogP contribution in [0.5, 0.6) is 0 Å². The molecule has 2 nitrogen and oxygen atoms in total. The quantitative estimate of drug-likeness (QED) is 0.812. The zero-order chi connectivity index (χ0) is 12.5. The van der Waals surface area contributed by atoms with Crippen molar-refractivity contribution in [2.45, 2.75) is 32.7 Å². The number of H-pyrrole nitrogens is 1. The molecule has 0 saturated heterocycles. The first kappa shape index (κ1) is 11.9. The topological polar surface area (TPSA) is 41.8 Å². The lowest BCUT2D eigenvalue weighted by atomic mass is 9.86. The van der Waals surface area contributed by atoms with Crippen LogP contribution < -0.4 is 5.73 Å². The van der Waals surface area contributed by atoms with Gasteiger partial charge in [-0.1, -0.05) is 45.0 Å². The highest BCUT2D eigenvalue weighted by molar-refractivity contribution is 5.67. The largest absolute Gasteiger partial charge is 0.367 e. The standard InChI is InChI=1S/C15H20N2/c1-15(2,3)13-6-4-11(5-7-13)14-10-17-9-12(14)8-16/h4-7,9-10,17H,8,16H2,1-3H3. The van der Waals surface area contributed by atoms with E-state index in [4.69, 9.17) is 5.73 Å². The number of rotatable bonds is 2. The van der Waals surface area contributed by atoms with E-state index in [-0.39, 0.29) is 5.41 Å². The summed E-state index contributed by atoms with van der Waals surface area (Å²) < 4.78 is 0. The number of benzene rings is 1. The van der Waals surface area contributed by atoms with Gasteiger partial charge in [0.15, 0.2) is 0 Å². The Morgan fingerprint density at radius 1 is 1.06 bits per heavy atom. The van der Waals surface area contributed by atoms with E-state index in [1.165, 1.54) is 16.7 Å². The van der Waals surface area contributed by atoms with Crippen molar-refractivity contribution in [3.05, 3.63) is 47.8 Å². The molecule has 1 aromatic carbocycles. The van der Waals surface area contributed by atoms with E-state index in [9.17, 15) is 0 Å². The molecule has 0 fully saturated rings. The minimum Gasteiger partial charge on any atom is -0.367 e. The minimum absolute atomic E-state index is 0.202. The Morgan fingerprint density at radius 2 is 1.71 bits per heavy atom. The van der Waals surface area contributed by atoms with Crippen molar-refractivity contribution in [1.29, 1.82) is 0 Å². The molecule has 2 aromatic rings. The van der Waals surface area contributed by atoms with Crippen LogP contribution in [0, 0.1) is 0 Å². The van der Waals surface area contributed by atoms with E-state index in [0.717, 1.165) is 5.56 Å². The van der Waals surface area contributed by atoms with Gasteiger partial charge in [-0.3, -0.25) is 0 Å². The average Bonchev–Trinajstić information content (AvgIpc) is 2.76. The van der Waals surface area contributed by atoms with Gasteiger partial charge in [-0.05, 0) is 22.1 Å². The SMILES string of the molecule is CC(C)(C)c1ccc(-c2c[nH]cc2CN)cc1. The van der Waals surface area contributed by atoms with Gasteiger partial charge in [0.2, 0.25) is 0 Å². The van der Waals surface area contributed by atoms with Gasteiger partial charge in [-0.25, -0.2) is 0 Å². The average molecular weight is 228 g/mol. The third-order valence-corrected chi connectivity index (χ3v) is 3.11. The lowest BCUT2D eigenvalue weighted by Gasteiger charge is -2.19. The maximum absolute atomic E-state index is 5.71. The highest BCUT2D eigenvalue weighted by Crippen LogP contribution is 2.27.